The Bertz CT molecular complexity index is 1750. The number of ketones is 1. The summed E-state index contributed by atoms with van der Waals surface area (Å²) in [6, 6.07) is 26.8. The SMILES string of the molecule is O=C(Nc1ccc(Cl)cc1)[C@@H]1[C@H](C(=O)c2ccc(Cl)cc2)[C@]2(C(=O)Nc3ccccc32)[C@H]2C=Cc3ccccc3N12. The van der Waals surface area contributed by atoms with Gasteiger partial charge < -0.3 is 15.5 Å². The summed E-state index contributed by atoms with van der Waals surface area (Å²) in [4.78, 5) is 45.3. The lowest BCUT2D eigenvalue weighted by Crippen LogP contribution is -2.51. The number of benzene rings is 4. The number of carbonyl (C=O) groups is 3. The molecule has 8 heteroatoms. The molecule has 3 heterocycles. The molecule has 4 atom stereocenters. The van der Waals surface area contributed by atoms with Gasteiger partial charge in [-0.1, -0.05) is 71.8 Å². The molecule has 41 heavy (non-hydrogen) atoms. The normalized spacial score (nSPS) is 23.5. The Morgan fingerprint density at radius 1 is 0.829 bits per heavy atom. The lowest BCUT2D eigenvalue weighted by molar-refractivity contribution is -0.122. The summed E-state index contributed by atoms with van der Waals surface area (Å²) in [5.74, 6) is -2.10. The molecule has 7 rings (SSSR count). The summed E-state index contributed by atoms with van der Waals surface area (Å²) >= 11 is 12.2. The number of amides is 2. The van der Waals surface area contributed by atoms with Gasteiger partial charge in [0.15, 0.2) is 5.78 Å². The molecule has 3 aliphatic rings. The van der Waals surface area contributed by atoms with Gasteiger partial charge in [0.25, 0.3) is 0 Å². The van der Waals surface area contributed by atoms with Crippen LogP contribution in [0.4, 0.5) is 17.1 Å². The minimum atomic E-state index is -1.38. The Morgan fingerprint density at radius 2 is 1.49 bits per heavy atom. The van der Waals surface area contributed by atoms with Gasteiger partial charge in [-0.2, -0.15) is 0 Å². The van der Waals surface area contributed by atoms with Crippen LogP contribution in [0, 0.1) is 5.92 Å². The fourth-order valence-electron chi connectivity index (χ4n) is 6.66. The van der Waals surface area contributed by atoms with Crippen LogP contribution >= 0.6 is 23.2 Å². The number of carbonyl (C=O) groups excluding carboxylic acids is 3. The smallest absolute Gasteiger partial charge is 0.247 e. The van der Waals surface area contributed by atoms with Crippen molar-refractivity contribution in [1.82, 2.24) is 0 Å². The summed E-state index contributed by atoms with van der Waals surface area (Å²) in [6.07, 6.45) is 3.91. The van der Waals surface area contributed by atoms with E-state index >= 15 is 0 Å². The minimum Gasteiger partial charge on any atom is -0.350 e. The van der Waals surface area contributed by atoms with Crippen LogP contribution in [0.15, 0.2) is 103 Å². The highest BCUT2D eigenvalue weighted by Crippen LogP contribution is 2.57. The van der Waals surface area contributed by atoms with E-state index in [-0.39, 0.29) is 11.7 Å². The van der Waals surface area contributed by atoms with Gasteiger partial charge >= 0.3 is 0 Å². The largest absolute Gasteiger partial charge is 0.350 e. The van der Waals surface area contributed by atoms with Gasteiger partial charge in [-0.3, -0.25) is 14.4 Å². The Hall–Kier alpha value is -4.39. The molecule has 1 fully saturated rings. The van der Waals surface area contributed by atoms with Crippen molar-refractivity contribution in [2.45, 2.75) is 17.5 Å². The second kappa shape index (κ2) is 9.61. The number of para-hydroxylation sites is 2. The zero-order chi connectivity index (χ0) is 28.3. The average Bonchev–Trinajstić information content (AvgIpc) is 3.47. The molecule has 0 radical (unpaired) electrons. The van der Waals surface area contributed by atoms with Crippen LogP contribution < -0.4 is 15.5 Å². The van der Waals surface area contributed by atoms with E-state index in [1.807, 2.05) is 65.6 Å². The van der Waals surface area contributed by atoms with Crippen molar-refractivity contribution in [1.29, 1.82) is 0 Å². The first-order valence-corrected chi connectivity index (χ1v) is 14.0. The predicted molar refractivity (Wildman–Crippen MR) is 162 cm³/mol. The molecule has 0 saturated carbocycles. The third-order valence-corrected chi connectivity index (χ3v) is 8.84. The molecule has 4 aromatic rings. The fraction of sp³-hybridized carbons (Fsp3) is 0.121. The molecular weight excluding hydrogens is 557 g/mol. The predicted octanol–water partition coefficient (Wildman–Crippen LogP) is 6.61. The molecule has 3 aliphatic heterocycles. The van der Waals surface area contributed by atoms with Crippen molar-refractivity contribution in [3.63, 3.8) is 0 Å². The van der Waals surface area contributed by atoms with Gasteiger partial charge in [0.1, 0.15) is 11.5 Å². The van der Waals surface area contributed by atoms with Crippen LogP contribution in [-0.2, 0) is 15.0 Å². The maximum atomic E-state index is 14.7. The van der Waals surface area contributed by atoms with Crippen LogP contribution in [-0.4, -0.2) is 29.7 Å². The molecule has 1 spiro atoms. The summed E-state index contributed by atoms with van der Waals surface area (Å²) in [6.45, 7) is 0. The number of nitrogens with one attached hydrogen (secondary N) is 2. The van der Waals surface area contributed by atoms with Crippen molar-refractivity contribution >= 4 is 63.9 Å². The molecular formula is C33H23Cl2N3O3. The number of fused-ring (bicyclic) bond motifs is 6. The van der Waals surface area contributed by atoms with Crippen molar-refractivity contribution < 1.29 is 14.4 Å². The van der Waals surface area contributed by atoms with Gasteiger partial charge in [0.05, 0.1) is 12.0 Å². The molecule has 202 valence electrons. The standard InChI is InChI=1S/C33H23Cl2N3O3/c34-21-12-9-20(10-13-21)30(39)28-29(31(40)36-23-16-14-22(35)15-17-23)38-26-8-4-1-5-19(26)11-18-27(38)33(28)24-6-2-3-7-25(24)37-32(33)41/h1-18,27-29H,(H,36,40)(H,37,41)/t27-,28-,29+,33-/m1/s1. The molecule has 0 aliphatic carbocycles. The van der Waals surface area contributed by atoms with E-state index in [9.17, 15) is 14.4 Å². The second-order valence-electron chi connectivity index (χ2n) is 10.4. The van der Waals surface area contributed by atoms with Crippen molar-refractivity contribution in [3.05, 3.63) is 130 Å². The highest BCUT2D eigenvalue weighted by atomic mass is 35.5. The Labute approximate surface area is 246 Å². The van der Waals surface area contributed by atoms with Crippen molar-refractivity contribution in [3.8, 4) is 0 Å². The van der Waals surface area contributed by atoms with Crippen LogP contribution in [0.25, 0.3) is 6.08 Å². The van der Waals surface area contributed by atoms with Gasteiger partial charge in [0.2, 0.25) is 11.8 Å². The van der Waals surface area contributed by atoms with Crippen molar-refractivity contribution in [2.24, 2.45) is 5.92 Å². The zero-order valence-corrected chi connectivity index (χ0v) is 23.1. The number of rotatable bonds is 4. The maximum Gasteiger partial charge on any atom is 0.247 e. The third kappa shape index (κ3) is 3.82. The average molecular weight is 580 g/mol. The number of nitrogens with zero attached hydrogens (tertiary/aromatic N) is 1. The molecule has 0 aromatic heterocycles. The van der Waals surface area contributed by atoms with E-state index in [0.717, 1.165) is 11.3 Å². The summed E-state index contributed by atoms with van der Waals surface area (Å²) in [5.41, 5.74) is 2.53. The van der Waals surface area contributed by atoms with Gasteiger partial charge in [-0.15, -0.1) is 0 Å². The van der Waals surface area contributed by atoms with E-state index in [0.29, 0.717) is 32.5 Å². The molecule has 6 nitrogen and oxygen atoms in total. The molecule has 4 aromatic carbocycles. The molecule has 2 N–H and O–H groups in total. The monoisotopic (exact) mass is 579 g/mol. The quantitative estimate of drug-likeness (QED) is 0.267. The summed E-state index contributed by atoms with van der Waals surface area (Å²) in [5, 5.41) is 7.05. The summed E-state index contributed by atoms with van der Waals surface area (Å²) < 4.78 is 0. The molecule has 0 unspecified atom stereocenters. The Morgan fingerprint density at radius 3 is 2.24 bits per heavy atom. The van der Waals surface area contributed by atoms with E-state index in [1.165, 1.54) is 0 Å². The van der Waals surface area contributed by atoms with E-state index in [1.54, 1.807) is 48.5 Å². The second-order valence-corrected chi connectivity index (χ2v) is 11.3. The minimum absolute atomic E-state index is 0.313. The van der Waals surface area contributed by atoms with Gasteiger partial charge in [-0.05, 0) is 71.8 Å². The van der Waals surface area contributed by atoms with Crippen LogP contribution in [0.3, 0.4) is 0 Å². The molecule has 0 bridgehead atoms. The number of Topliss-reactive ketones (excluding diaryl/α,β-unsaturated/α-hetero) is 1. The first kappa shape index (κ1) is 25.6. The summed E-state index contributed by atoms with van der Waals surface area (Å²) in [7, 11) is 0. The number of anilines is 3. The number of hydrogen-bond acceptors (Lipinski definition) is 4. The zero-order valence-electron chi connectivity index (χ0n) is 21.6. The molecule has 2 amide bonds. The van der Waals surface area contributed by atoms with Gasteiger partial charge in [-0.25, -0.2) is 0 Å². The van der Waals surface area contributed by atoms with Crippen LogP contribution in [0.1, 0.15) is 21.5 Å². The van der Waals surface area contributed by atoms with E-state index in [2.05, 4.69) is 10.6 Å². The fourth-order valence-corrected chi connectivity index (χ4v) is 6.91. The first-order valence-electron chi connectivity index (χ1n) is 13.2. The maximum absolute atomic E-state index is 14.7. The van der Waals surface area contributed by atoms with Crippen LogP contribution in [0.5, 0.6) is 0 Å². The highest BCUT2D eigenvalue weighted by Gasteiger charge is 2.70. The van der Waals surface area contributed by atoms with Crippen LogP contribution in [0.2, 0.25) is 10.0 Å². The molecule has 1 saturated heterocycles. The lowest BCUT2D eigenvalue weighted by atomic mass is 9.64. The first-order chi connectivity index (χ1) is 19.9. The third-order valence-electron chi connectivity index (χ3n) is 8.33. The lowest BCUT2D eigenvalue weighted by Gasteiger charge is -2.37. The van der Waals surface area contributed by atoms with Gasteiger partial charge in [0, 0.05) is 32.7 Å². The Kier molecular flexibility index (Phi) is 6.00. The topological polar surface area (TPSA) is 78.5 Å². The number of halogens is 2. The highest BCUT2D eigenvalue weighted by molar-refractivity contribution is 6.31. The van der Waals surface area contributed by atoms with E-state index < -0.39 is 29.3 Å². The van der Waals surface area contributed by atoms with E-state index in [4.69, 9.17) is 23.2 Å². The number of hydrogen-bond donors (Lipinski definition) is 2. The van der Waals surface area contributed by atoms with Crippen molar-refractivity contribution in [2.75, 3.05) is 15.5 Å². The Balaban J connectivity index is 1.48.